The first-order valence-electron chi connectivity index (χ1n) is 8.77. The molecular formula is C21H26N2O3. The lowest BCUT2D eigenvalue weighted by Crippen LogP contribution is -2.48. The Kier molecular flexibility index (Phi) is 7.21. The van der Waals surface area contributed by atoms with Gasteiger partial charge >= 0.3 is 0 Å². The largest absolute Gasteiger partial charge is 0.489 e. The van der Waals surface area contributed by atoms with Crippen molar-refractivity contribution in [3.05, 3.63) is 65.7 Å². The Morgan fingerprint density at radius 2 is 1.58 bits per heavy atom. The number of rotatable bonds is 8. The monoisotopic (exact) mass is 354 g/mol. The van der Waals surface area contributed by atoms with Gasteiger partial charge in [-0.2, -0.15) is 0 Å². The van der Waals surface area contributed by atoms with Gasteiger partial charge in [0.05, 0.1) is 0 Å². The van der Waals surface area contributed by atoms with E-state index in [-0.39, 0.29) is 17.7 Å². The van der Waals surface area contributed by atoms with Crippen molar-refractivity contribution in [2.75, 3.05) is 0 Å². The number of ether oxygens (including phenoxy) is 1. The number of carbonyl (C=O) groups is 2. The van der Waals surface area contributed by atoms with E-state index >= 15 is 0 Å². The second-order valence-corrected chi connectivity index (χ2v) is 6.51. The number of carbonyl (C=O) groups excluding carboxylic acids is 2. The van der Waals surface area contributed by atoms with E-state index in [1.165, 1.54) is 6.92 Å². The third-order valence-corrected chi connectivity index (χ3v) is 4.02. The van der Waals surface area contributed by atoms with Gasteiger partial charge in [-0.3, -0.25) is 9.59 Å². The highest BCUT2D eigenvalue weighted by molar-refractivity contribution is 5.87. The molecule has 5 heteroatoms. The Morgan fingerprint density at radius 1 is 0.962 bits per heavy atom. The number of para-hydroxylation sites is 1. The van der Waals surface area contributed by atoms with Crippen LogP contribution in [0.4, 0.5) is 0 Å². The van der Waals surface area contributed by atoms with Crippen LogP contribution in [0.2, 0.25) is 0 Å². The first-order chi connectivity index (χ1) is 12.5. The summed E-state index contributed by atoms with van der Waals surface area (Å²) in [7, 11) is 0. The molecule has 0 heterocycles. The Hall–Kier alpha value is -2.82. The van der Waals surface area contributed by atoms with Gasteiger partial charge in [0.1, 0.15) is 18.4 Å². The van der Waals surface area contributed by atoms with E-state index in [1.54, 1.807) is 0 Å². The molecule has 0 unspecified atom stereocenters. The van der Waals surface area contributed by atoms with Crippen LogP contribution in [0.25, 0.3) is 0 Å². The number of benzene rings is 2. The summed E-state index contributed by atoms with van der Waals surface area (Å²) in [4.78, 5) is 23.7. The molecule has 2 amide bonds. The van der Waals surface area contributed by atoms with E-state index in [9.17, 15) is 9.59 Å². The molecule has 2 aromatic rings. The standard InChI is InChI=1S/C21H26N2O3/c1-15(2)20(23-16(3)24)21(25)22-13-17-9-7-8-10-18(17)14-26-19-11-5-4-6-12-19/h4-12,15,20H,13-14H2,1-3H3,(H,22,25)(H,23,24)/t20-/m0/s1. The van der Waals surface area contributed by atoms with Crippen LogP contribution < -0.4 is 15.4 Å². The van der Waals surface area contributed by atoms with Crippen LogP contribution in [0, 0.1) is 5.92 Å². The summed E-state index contributed by atoms with van der Waals surface area (Å²) in [5.41, 5.74) is 2.00. The van der Waals surface area contributed by atoms with Gasteiger partial charge in [-0.05, 0) is 29.2 Å². The molecule has 0 aliphatic heterocycles. The molecule has 26 heavy (non-hydrogen) atoms. The molecule has 0 saturated heterocycles. The quantitative estimate of drug-likeness (QED) is 0.766. The third kappa shape index (κ3) is 5.92. The molecule has 2 aromatic carbocycles. The summed E-state index contributed by atoms with van der Waals surface area (Å²) < 4.78 is 5.81. The lowest BCUT2D eigenvalue weighted by atomic mass is 10.0. The molecule has 2 N–H and O–H groups in total. The topological polar surface area (TPSA) is 67.4 Å². The van der Waals surface area contributed by atoms with Crippen molar-refractivity contribution in [2.45, 2.75) is 40.0 Å². The minimum absolute atomic E-state index is 0.00978. The van der Waals surface area contributed by atoms with Crippen molar-refractivity contribution in [3.63, 3.8) is 0 Å². The Balaban J connectivity index is 1.98. The van der Waals surface area contributed by atoms with Crippen molar-refractivity contribution in [1.82, 2.24) is 10.6 Å². The third-order valence-electron chi connectivity index (χ3n) is 4.02. The smallest absolute Gasteiger partial charge is 0.243 e. The Bertz CT molecular complexity index is 729. The van der Waals surface area contributed by atoms with Crippen LogP contribution in [0.3, 0.4) is 0 Å². The summed E-state index contributed by atoms with van der Waals surface area (Å²) in [6.45, 7) is 6.04. The average Bonchev–Trinajstić information content (AvgIpc) is 2.63. The first-order valence-corrected chi connectivity index (χ1v) is 8.77. The normalized spacial score (nSPS) is 11.7. The molecule has 0 spiro atoms. The van der Waals surface area contributed by atoms with Crippen molar-refractivity contribution in [3.8, 4) is 5.75 Å². The van der Waals surface area contributed by atoms with E-state index in [0.717, 1.165) is 16.9 Å². The van der Waals surface area contributed by atoms with Gasteiger partial charge in [-0.25, -0.2) is 0 Å². The molecule has 0 saturated carbocycles. The molecule has 0 bridgehead atoms. The Labute approximate surface area is 154 Å². The highest BCUT2D eigenvalue weighted by Gasteiger charge is 2.22. The zero-order valence-corrected chi connectivity index (χ0v) is 15.5. The van der Waals surface area contributed by atoms with Crippen molar-refractivity contribution >= 4 is 11.8 Å². The highest BCUT2D eigenvalue weighted by atomic mass is 16.5. The molecule has 0 fully saturated rings. The fourth-order valence-electron chi connectivity index (χ4n) is 2.59. The van der Waals surface area contributed by atoms with E-state index in [4.69, 9.17) is 4.74 Å². The second kappa shape index (κ2) is 9.61. The lowest BCUT2D eigenvalue weighted by Gasteiger charge is -2.21. The lowest BCUT2D eigenvalue weighted by molar-refractivity contribution is -0.129. The van der Waals surface area contributed by atoms with E-state index in [2.05, 4.69) is 10.6 Å². The SMILES string of the molecule is CC(=O)N[C@H](C(=O)NCc1ccccc1COc1ccccc1)C(C)C. The van der Waals surface area contributed by atoms with Gasteiger partial charge in [-0.15, -0.1) is 0 Å². The molecule has 0 aromatic heterocycles. The number of nitrogens with one attached hydrogen (secondary N) is 2. The number of amides is 2. The van der Waals surface area contributed by atoms with Crippen molar-refractivity contribution in [1.29, 1.82) is 0 Å². The van der Waals surface area contributed by atoms with Crippen LogP contribution in [-0.2, 0) is 22.7 Å². The van der Waals surface area contributed by atoms with Crippen molar-refractivity contribution in [2.24, 2.45) is 5.92 Å². The van der Waals surface area contributed by atoms with Gasteiger partial charge in [0.25, 0.3) is 0 Å². The molecular weight excluding hydrogens is 328 g/mol. The number of hydrogen-bond donors (Lipinski definition) is 2. The maximum Gasteiger partial charge on any atom is 0.243 e. The van der Waals surface area contributed by atoms with Gasteiger partial charge < -0.3 is 15.4 Å². The summed E-state index contributed by atoms with van der Waals surface area (Å²) in [5, 5.41) is 5.62. The van der Waals surface area contributed by atoms with Crippen LogP contribution in [0.15, 0.2) is 54.6 Å². The van der Waals surface area contributed by atoms with Crippen LogP contribution in [-0.4, -0.2) is 17.9 Å². The molecule has 2 rings (SSSR count). The molecule has 138 valence electrons. The van der Waals surface area contributed by atoms with Crippen LogP contribution in [0.1, 0.15) is 31.9 Å². The fraction of sp³-hybridized carbons (Fsp3) is 0.333. The molecule has 1 atom stereocenters. The van der Waals surface area contributed by atoms with Gasteiger partial charge in [-0.1, -0.05) is 56.3 Å². The summed E-state index contributed by atoms with van der Waals surface area (Å²) in [6, 6.07) is 16.9. The van der Waals surface area contributed by atoms with E-state index < -0.39 is 6.04 Å². The summed E-state index contributed by atoms with van der Waals surface area (Å²) in [6.07, 6.45) is 0. The predicted octanol–water partition coefficient (Wildman–Crippen LogP) is 3.04. The Morgan fingerprint density at radius 3 is 2.19 bits per heavy atom. The molecule has 0 radical (unpaired) electrons. The average molecular weight is 354 g/mol. The highest BCUT2D eigenvalue weighted by Crippen LogP contribution is 2.15. The zero-order valence-electron chi connectivity index (χ0n) is 15.5. The maximum atomic E-state index is 12.4. The molecule has 0 aliphatic rings. The minimum Gasteiger partial charge on any atom is -0.489 e. The second-order valence-electron chi connectivity index (χ2n) is 6.51. The van der Waals surface area contributed by atoms with Crippen LogP contribution >= 0.6 is 0 Å². The zero-order chi connectivity index (χ0) is 18.9. The first kappa shape index (κ1) is 19.5. The summed E-state index contributed by atoms with van der Waals surface area (Å²) >= 11 is 0. The number of hydrogen-bond acceptors (Lipinski definition) is 3. The van der Waals surface area contributed by atoms with Gasteiger partial charge in [0, 0.05) is 13.5 Å². The van der Waals surface area contributed by atoms with Crippen molar-refractivity contribution < 1.29 is 14.3 Å². The minimum atomic E-state index is -0.541. The molecule has 5 nitrogen and oxygen atoms in total. The van der Waals surface area contributed by atoms with Gasteiger partial charge in [0.15, 0.2) is 0 Å². The summed E-state index contributed by atoms with van der Waals surface area (Å²) in [5.74, 6) is 0.414. The van der Waals surface area contributed by atoms with Gasteiger partial charge in [0.2, 0.25) is 11.8 Å². The van der Waals surface area contributed by atoms with E-state index in [1.807, 2.05) is 68.4 Å². The fourth-order valence-corrected chi connectivity index (χ4v) is 2.59. The van der Waals surface area contributed by atoms with E-state index in [0.29, 0.717) is 13.2 Å². The molecule has 0 aliphatic carbocycles. The maximum absolute atomic E-state index is 12.4. The predicted molar refractivity (Wildman–Crippen MR) is 102 cm³/mol. The van der Waals surface area contributed by atoms with Crippen LogP contribution in [0.5, 0.6) is 5.75 Å².